The minimum atomic E-state index is -2.92. The van der Waals surface area contributed by atoms with Crippen LogP contribution in [0, 0.1) is 0 Å². The first-order chi connectivity index (χ1) is 6.66. The van der Waals surface area contributed by atoms with Crippen molar-refractivity contribution < 1.29 is 8.42 Å². The normalized spacial score (nSPS) is 38.9. The van der Waals surface area contributed by atoms with Crippen molar-refractivity contribution in [3.8, 4) is 0 Å². The first-order valence-corrected chi connectivity index (χ1v) is 6.91. The molecule has 2 unspecified atom stereocenters. The van der Waals surface area contributed by atoms with Crippen LogP contribution in [0.3, 0.4) is 0 Å². The summed E-state index contributed by atoms with van der Waals surface area (Å²) in [6, 6.07) is 0.838. The maximum atomic E-state index is 12.0. The molecule has 1 N–H and O–H groups in total. The van der Waals surface area contributed by atoms with Gasteiger partial charge in [0.05, 0.1) is 5.25 Å². The van der Waals surface area contributed by atoms with Crippen LogP contribution in [0.2, 0.25) is 0 Å². The van der Waals surface area contributed by atoms with Gasteiger partial charge in [0, 0.05) is 25.2 Å². The van der Waals surface area contributed by atoms with E-state index in [9.17, 15) is 8.42 Å². The Kier molecular flexibility index (Phi) is 1.91. The van der Waals surface area contributed by atoms with Gasteiger partial charge in [0.15, 0.2) is 0 Å². The van der Waals surface area contributed by atoms with E-state index in [-0.39, 0.29) is 5.25 Å². The summed E-state index contributed by atoms with van der Waals surface area (Å²) in [5.41, 5.74) is 0. The molecule has 2 heterocycles. The average Bonchev–Trinajstić information content (AvgIpc) is 2.94. The Balaban J connectivity index is 1.79. The summed E-state index contributed by atoms with van der Waals surface area (Å²) in [6.45, 7) is 1.41. The number of rotatable bonds is 2. The number of piperazine rings is 1. The van der Waals surface area contributed by atoms with E-state index in [2.05, 4.69) is 5.32 Å². The van der Waals surface area contributed by atoms with Crippen molar-refractivity contribution in [2.45, 2.75) is 43.0 Å². The van der Waals surface area contributed by atoms with Crippen LogP contribution in [0.25, 0.3) is 0 Å². The van der Waals surface area contributed by atoms with Crippen LogP contribution >= 0.6 is 0 Å². The summed E-state index contributed by atoms with van der Waals surface area (Å²) in [5, 5.41) is 3.40. The molecule has 3 fully saturated rings. The van der Waals surface area contributed by atoms with E-state index in [1.807, 2.05) is 0 Å². The van der Waals surface area contributed by atoms with Crippen molar-refractivity contribution in [1.29, 1.82) is 0 Å². The number of nitrogens with zero attached hydrogens (tertiary/aromatic N) is 1. The maximum absolute atomic E-state index is 12.0. The highest BCUT2D eigenvalue weighted by atomic mass is 32.2. The zero-order valence-electron chi connectivity index (χ0n) is 8.15. The topological polar surface area (TPSA) is 49.4 Å². The lowest BCUT2D eigenvalue weighted by atomic mass is 10.2. The third-order valence-corrected chi connectivity index (χ3v) is 5.82. The molecule has 0 amide bonds. The third kappa shape index (κ3) is 1.38. The molecule has 0 aromatic rings. The SMILES string of the molecule is O=S(=O)(C1CC1)N1CC2CCC(C1)N2. The Morgan fingerprint density at radius 3 is 2.07 bits per heavy atom. The van der Waals surface area contributed by atoms with Crippen molar-refractivity contribution in [3.63, 3.8) is 0 Å². The quantitative estimate of drug-likeness (QED) is 0.702. The van der Waals surface area contributed by atoms with Crippen molar-refractivity contribution in [2.24, 2.45) is 0 Å². The lowest BCUT2D eigenvalue weighted by Gasteiger charge is -2.31. The van der Waals surface area contributed by atoms with Gasteiger partial charge in [-0.15, -0.1) is 0 Å². The average molecular weight is 216 g/mol. The van der Waals surface area contributed by atoms with Crippen LogP contribution in [0.5, 0.6) is 0 Å². The fourth-order valence-electron chi connectivity index (χ4n) is 2.54. The first-order valence-electron chi connectivity index (χ1n) is 5.41. The number of sulfonamides is 1. The molecular formula is C9H16N2O2S. The summed E-state index contributed by atoms with van der Waals surface area (Å²) in [5.74, 6) is 0. The van der Waals surface area contributed by atoms with Crippen LogP contribution < -0.4 is 5.32 Å². The summed E-state index contributed by atoms with van der Waals surface area (Å²) in [6.07, 6.45) is 4.03. The Labute approximate surface area is 84.7 Å². The summed E-state index contributed by atoms with van der Waals surface area (Å²) in [4.78, 5) is 0. The van der Waals surface area contributed by atoms with E-state index < -0.39 is 10.0 Å². The van der Waals surface area contributed by atoms with Crippen LogP contribution in [0.1, 0.15) is 25.7 Å². The van der Waals surface area contributed by atoms with Gasteiger partial charge in [-0.1, -0.05) is 0 Å². The largest absolute Gasteiger partial charge is 0.309 e. The summed E-state index contributed by atoms with van der Waals surface area (Å²) >= 11 is 0. The Hall–Kier alpha value is -0.130. The molecule has 1 aliphatic carbocycles. The Morgan fingerprint density at radius 2 is 1.57 bits per heavy atom. The molecule has 0 aromatic carbocycles. The first kappa shape index (κ1) is 9.12. The summed E-state index contributed by atoms with van der Waals surface area (Å²) in [7, 11) is -2.92. The third-order valence-electron chi connectivity index (χ3n) is 3.49. The van der Waals surface area contributed by atoms with E-state index in [0.29, 0.717) is 25.2 Å². The highest BCUT2D eigenvalue weighted by Gasteiger charge is 2.44. The van der Waals surface area contributed by atoms with Gasteiger partial charge in [-0.25, -0.2) is 8.42 Å². The molecule has 80 valence electrons. The molecule has 0 radical (unpaired) electrons. The molecule has 2 atom stereocenters. The minimum Gasteiger partial charge on any atom is -0.309 e. The van der Waals surface area contributed by atoms with Gasteiger partial charge in [-0.2, -0.15) is 4.31 Å². The Morgan fingerprint density at radius 1 is 1.00 bits per heavy atom. The van der Waals surface area contributed by atoms with E-state index in [1.165, 1.54) is 0 Å². The van der Waals surface area contributed by atoms with Crippen molar-refractivity contribution in [1.82, 2.24) is 9.62 Å². The molecule has 2 bridgehead atoms. The molecule has 0 aromatic heterocycles. The molecular weight excluding hydrogens is 200 g/mol. The van der Waals surface area contributed by atoms with Gasteiger partial charge in [-0.3, -0.25) is 0 Å². The predicted molar refractivity (Wildman–Crippen MR) is 53.5 cm³/mol. The van der Waals surface area contributed by atoms with Gasteiger partial charge < -0.3 is 5.32 Å². The van der Waals surface area contributed by atoms with Crippen molar-refractivity contribution in [3.05, 3.63) is 0 Å². The van der Waals surface area contributed by atoms with Crippen LogP contribution in [-0.4, -0.2) is 43.1 Å². The second-order valence-corrected chi connectivity index (χ2v) is 6.91. The number of nitrogens with one attached hydrogen (secondary N) is 1. The highest BCUT2D eigenvalue weighted by Crippen LogP contribution is 2.33. The number of hydrogen-bond donors (Lipinski definition) is 1. The second-order valence-electron chi connectivity index (χ2n) is 4.70. The molecule has 1 saturated carbocycles. The van der Waals surface area contributed by atoms with Gasteiger partial charge in [0.25, 0.3) is 0 Å². The predicted octanol–water partition coefficient (Wildman–Crippen LogP) is -0.0852. The van der Waals surface area contributed by atoms with Crippen LogP contribution in [0.4, 0.5) is 0 Å². The molecule has 3 aliphatic rings. The monoisotopic (exact) mass is 216 g/mol. The molecule has 2 aliphatic heterocycles. The van der Waals surface area contributed by atoms with Gasteiger partial charge in [0.1, 0.15) is 0 Å². The van der Waals surface area contributed by atoms with Gasteiger partial charge >= 0.3 is 0 Å². The fourth-order valence-corrected chi connectivity index (χ4v) is 4.47. The number of hydrogen-bond acceptors (Lipinski definition) is 3. The van der Waals surface area contributed by atoms with Crippen LogP contribution in [0.15, 0.2) is 0 Å². The Bertz CT molecular complexity index is 325. The van der Waals surface area contributed by atoms with Crippen molar-refractivity contribution >= 4 is 10.0 Å². The molecule has 5 heteroatoms. The zero-order valence-corrected chi connectivity index (χ0v) is 8.96. The lowest BCUT2D eigenvalue weighted by Crippen LogP contribution is -2.53. The number of fused-ring (bicyclic) bond motifs is 2. The van der Waals surface area contributed by atoms with E-state index >= 15 is 0 Å². The van der Waals surface area contributed by atoms with Crippen LogP contribution in [-0.2, 0) is 10.0 Å². The zero-order chi connectivity index (χ0) is 9.76. The second kappa shape index (κ2) is 2.93. The molecule has 14 heavy (non-hydrogen) atoms. The van der Waals surface area contributed by atoms with E-state index in [4.69, 9.17) is 0 Å². The minimum absolute atomic E-state index is 0.0417. The molecule has 3 rings (SSSR count). The smallest absolute Gasteiger partial charge is 0.217 e. The van der Waals surface area contributed by atoms with Gasteiger partial charge in [-0.05, 0) is 25.7 Å². The molecule has 2 saturated heterocycles. The standard InChI is InChI=1S/C9H16N2O2S/c12-14(13,9-3-4-9)11-5-7-1-2-8(6-11)10-7/h7-10H,1-6H2. The molecule has 4 nitrogen and oxygen atoms in total. The van der Waals surface area contributed by atoms with E-state index in [0.717, 1.165) is 25.7 Å². The maximum Gasteiger partial charge on any atom is 0.217 e. The van der Waals surface area contributed by atoms with E-state index in [1.54, 1.807) is 4.31 Å². The fraction of sp³-hybridized carbons (Fsp3) is 1.00. The van der Waals surface area contributed by atoms with Crippen molar-refractivity contribution in [2.75, 3.05) is 13.1 Å². The highest BCUT2D eigenvalue weighted by molar-refractivity contribution is 7.90. The molecule has 0 spiro atoms. The summed E-state index contributed by atoms with van der Waals surface area (Å²) < 4.78 is 25.7. The van der Waals surface area contributed by atoms with Gasteiger partial charge in [0.2, 0.25) is 10.0 Å². The lowest BCUT2D eigenvalue weighted by molar-refractivity contribution is 0.296.